The largest absolute Gasteiger partial charge is 0.329 e. The van der Waals surface area contributed by atoms with Crippen molar-refractivity contribution in [2.75, 3.05) is 5.75 Å². The molecular weight excluding hydrogens is 360 g/mol. The van der Waals surface area contributed by atoms with Crippen LogP contribution in [0.1, 0.15) is 12.5 Å². The Morgan fingerprint density at radius 3 is 2.72 bits per heavy atom. The van der Waals surface area contributed by atoms with Gasteiger partial charge in [0, 0.05) is 17.8 Å². The minimum absolute atomic E-state index is 0.374. The van der Waals surface area contributed by atoms with Crippen molar-refractivity contribution in [3.8, 4) is 0 Å². The average molecular weight is 377 g/mol. The number of imidazole rings is 1. The summed E-state index contributed by atoms with van der Waals surface area (Å²) in [5.74, 6) is 0.624. The van der Waals surface area contributed by atoms with Gasteiger partial charge in [0.1, 0.15) is 0 Å². The zero-order valence-corrected chi connectivity index (χ0v) is 15.4. The lowest BCUT2D eigenvalue weighted by atomic mass is 10.2. The molecule has 0 aliphatic rings. The van der Waals surface area contributed by atoms with Crippen molar-refractivity contribution < 1.29 is 0 Å². The predicted molar refractivity (Wildman–Crippen MR) is 101 cm³/mol. The van der Waals surface area contributed by atoms with Gasteiger partial charge in [-0.25, -0.2) is 9.78 Å². The first kappa shape index (κ1) is 17.6. The van der Waals surface area contributed by atoms with Crippen molar-refractivity contribution in [3.63, 3.8) is 0 Å². The van der Waals surface area contributed by atoms with E-state index in [0.29, 0.717) is 33.7 Å². The molecule has 0 radical (unpaired) electrons. The molecule has 2 aromatic heterocycles. The third-order valence-corrected chi connectivity index (χ3v) is 4.79. The summed E-state index contributed by atoms with van der Waals surface area (Å²) in [6.45, 7) is 2.30. The SMILES string of the molecule is C/C(Cl)=C/CSc1nc2c(c(=O)[nH]c(=O)n2C)n1Cc1ccccc1. The minimum Gasteiger partial charge on any atom is -0.309 e. The maximum absolute atomic E-state index is 12.4. The van der Waals surface area contributed by atoms with Gasteiger partial charge in [-0.3, -0.25) is 14.3 Å². The third-order valence-electron chi connectivity index (χ3n) is 3.73. The lowest BCUT2D eigenvalue weighted by Gasteiger charge is -2.08. The Morgan fingerprint density at radius 1 is 1.32 bits per heavy atom. The van der Waals surface area contributed by atoms with E-state index >= 15 is 0 Å². The first-order chi connectivity index (χ1) is 12.0. The number of benzene rings is 1. The van der Waals surface area contributed by atoms with Crippen LogP contribution in [0.4, 0.5) is 0 Å². The lowest BCUT2D eigenvalue weighted by molar-refractivity contribution is 0.728. The van der Waals surface area contributed by atoms with Crippen molar-refractivity contribution in [2.24, 2.45) is 7.05 Å². The summed E-state index contributed by atoms with van der Waals surface area (Å²) in [6.07, 6.45) is 1.88. The Balaban J connectivity index is 2.15. The summed E-state index contributed by atoms with van der Waals surface area (Å²) in [4.78, 5) is 31.1. The molecule has 130 valence electrons. The summed E-state index contributed by atoms with van der Waals surface area (Å²) in [5.41, 5.74) is 0.895. The van der Waals surface area contributed by atoms with Crippen LogP contribution in [-0.2, 0) is 13.6 Å². The standard InChI is InChI=1S/C17H17ClN4O2S/c1-11(18)8-9-25-17-19-14-13(15(23)20-16(24)21(14)2)22(17)10-12-6-4-3-5-7-12/h3-8H,9-10H2,1-2H3,(H,20,23,24)/b11-8-. The van der Waals surface area contributed by atoms with Gasteiger partial charge < -0.3 is 4.57 Å². The van der Waals surface area contributed by atoms with Gasteiger partial charge in [0.05, 0.1) is 6.54 Å². The summed E-state index contributed by atoms with van der Waals surface area (Å²) in [5, 5.41) is 1.36. The van der Waals surface area contributed by atoms with Crippen molar-refractivity contribution in [1.29, 1.82) is 0 Å². The molecule has 0 amide bonds. The minimum atomic E-state index is -0.477. The van der Waals surface area contributed by atoms with Crippen LogP contribution >= 0.6 is 23.4 Å². The van der Waals surface area contributed by atoms with Crippen LogP contribution in [0.25, 0.3) is 11.2 Å². The normalized spacial score (nSPS) is 12.0. The molecule has 25 heavy (non-hydrogen) atoms. The number of aryl methyl sites for hydroxylation is 1. The Bertz CT molecular complexity index is 1050. The van der Waals surface area contributed by atoms with Crippen molar-refractivity contribution in [2.45, 2.75) is 18.6 Å². The second-order valence-corrected chi connectivity index (χ2v) is 7.14. The molecule has 0 bridgehead atoms. The molecular formula is C17H17ClN4O2S. The molecule has 3 rings (SSSR count). The Morgan fingerprint density at radius 2 is 2.04 bits per heavy atom. The number of halogens is 1. The van der Waals surface area contributed by atoms with Gasteiger partial charge in [0.15, 0.2) is 16.3 Å². The molecule has 0 spiro atoms. The van der Waals surface area contributed by atoms with Crippen LogP contribution in [0.5, 0.6) is 0 Å². The van der Waals surface area contributed by atoms with Crippen molar-refractivity contribution >= 4 is 34.5 Å². The van der Waals surface area contributed by atoms with Gasteiger partial charge >= 0.3 is 5.69 Å². The molecule has 1 aromatic carbocycles. The Hall–Kier alpha value is -2.25. The molecule has 8 heteroatoms. The molecule has 0 saturated carbocycles. The number of allylic oxidation sites excluding steroid dienone is 1. The van der Waals surface area contributed by atoms with Gasteiger partial charge in [0.25, 0.3) is 5.56 Å². The van der Waals surface area contributed by atoms with Gasteiger partial charge in [-0.05, 0) is 12.5 Å². The van der Waals surface area contributed by atoms with Crippen LogP contribution in [-0.4, -0.2) is 24.9 Å². The fraction of sp³-hybridized carbons (Fsp3) is 0.235. The van der Waals surface area contributed by atoms with Crippen LogP contribution in [0.15, 0.2) is 56.2 Å². The number of aromatic nitrogens is 4. The number of hydrogen-bond acceptors (Lipinski definition) is 4. The average Bonchev–Trinajstić information content (AvgIpc) is 2.92. The predicted octanol–water partition coefficient (Wildman–Crippen LogP) is 2.71. The molecule has 0 saturated heterocycles. The number of rotatable bonds is 5. The highest BCUT2D eigenvalue weighted by atomic mass is 35.5. The first-order valence-corrected chi connectivity index (χ1v) is 9.02. The number of thioether (sulfide) groups is 1. The number of nitrogens with one attached hydrogen (secondary N) is 1. The number of H-pyrrole nitrogens is 1. The van der Waals surface area contributed by atoms with E-state index in [1.54, 1.807) is 7.05 Å². The highest BCUT2D eigenvalue weighted by molar-refractivity contribution is 7.99. The Labute approximate surface area is 153 Å². The molecule has 0 atom stereocenters. The molecule has 0 aliphatic heterocycles. The topological polar surface area (TPSA) is 72.7 Å². The molecule has 6 nitrogen and oxygen atoms in total. The summed E-state index contributed by atoms with van der Waals surface area (Å²) >= 11 is 7.35. The second-order valence-electron chi connectivity index (χ2n) is 5.56. The molecule has 1 N–H and O–H groups in total. The Kier molecular flexibility index (Phi) is 5.15. The fourth-order valence-electron chi connectivity index (χ4n) is 2.47. The lowest BCUT2D eigenvalue weighted by Crippen LogP contribution is -2.29. The number of hydrogen-bond donors (Lipinski definition) is 1. The van der Waals surface area contributed by atoms with E-state index in [9.17, 15) is 9.59 Å². The van der Waals surface area contributed by atoms with E-state index in [2.05, 4.69) is 9.97 Å². The van der Waals surface area contributed by atoms with Gasteiger partial charge in [-0.2, -0.15) is 0 Å². The zero-order chi connectivity index (χ0) is 18.0. The number of aromatic amines is 1. The van der Waals surface area contributed by atoms with E-state index in [4.69, 9.17) is 11.6 Å². The molecule has 0 unspecified atom stereocenters. The van der Waals surface area contributed by atoms with Crippen LogP contribution in [0, 0.1) is 0 Å². The maximum atomic E-state index is 12.4. The van der Waals surface area contributed by atoms with E-state index in [-0.39, 0.29) is 0 Å². The van der Waals surface area contributed by atoms with Crippen LogP contribution in [0.2, 0.25) is 0 Å². The monoisotopic (exact) mass is 376 g/mol. The molecule has 0 aliphatic carbocycles. The molecule has 3 aromatic rings. The van der Waals surface area contributed by atoms with Gasteiger partial charge in [0.2, 0.25) is 0 Å². The van der Waals surface area contributed by atoms with Crippen LogP contribution < -0.4 is 11.2 Å². The van der Waals surface area contributed by atoms with Crippen LogP contribution in [0.3, 0.4) is 0 Å². The van der Waals surface area contributed by atoms with Gasteiger partial charge in [-0.1, -0.05) is 59.8 Å². The highest BCUT2D eigenvalue weighted by Gasteiger charge is 2.17. The first-order valence-electron chi connectivity index (χ1n) is 7.66. The summed E-state index contributed by atoms with van der Waals surface area (Å²) in [6, 6.07) is 9.80. The summed E-state index contributed by atoms with van der Waals surface area (Å²) in [7, 11) is 1.59. The summed E-state index contributed by atoms with van der Waals surface area (Å²) < 4.78 is 3.19. The van der Waals surface area contributed by atoms with Crippen molar-refractivity contribution in [3.05, 3.63) is 67.8 Å². The number of fused-ring (bicyclic) bond motifs is 1. The zero-order valence-electron chi connectivity index (χ0n) is 13.8. The third kappa shape index (κ3) is 3.72. The van der Waals surface area contributed by atoms with Crippen molar-refractivity contribution in [1.82, 2.24) is 19.1 Å². The number of nitrogens with zero attached hydrogens (tertiary/aromatic N) is 3. The smallest absolute Gasteiger partial charge is 0.309 e. The van der Waals surface area contributed by atoms with Gasteiger partial charge in [-0.15, -0.1) is 0 Å². The van der Waals surface area contributed by atoms with E-state index in [0.717, 1.165) is 5.56 Å². The highest BCUT2D eigenvalue weighted by Crippen LogP contribution is 2.23. The maximum Gasteiger partial charge on any atom is 0.329 e. The molecule has 0 fully saturated rings. The van der Waals surface area contributed by atoms with E-state index < -0.39 is 11.2 Å². The quantitative estimate of drug-likeness (QED) is 0.695. The van der Waals surface area contributed by atoms with E-state index in [1.807, 2.05) is 47.9 Å². The molecule has 2 heterocycles. The van der Waals surface area contributed by atoms with E-state index in [1.165, 1.54) is 16.3 Å². The second kappa shape index (κ2) is 7.33. The fourth-order valence-corrected chi connectivity index (χ4v) is 3.58.